The fourth-order valence-corrected chi connectivity index (χ4v) is 1.80. The molecular weight excluding hydrogens is 246 g/mol. The zero-order chi connectivity index (χ0) is 10.7. The second-order valence-corrected chi connectivity index (χ2v) is 4.10. The van der Waals surface area contributed by atoms with Crippen LogP contribution in [0.15, 0.2) is 22.7 Å². The number of hydrogen-bond donors (Lipinski definition) is 2. The van der Waals surface area contributed by atoms with Gasteiger partial charge in [-0.3, -0.25) is 4.79 Å². The normalized spacial score (nSPS) is 12.5. The molecule has 0 amide bonds. The summed E-state index contributed by atoms with van der Waals surface area (Å²) in [6, 6.07) is 4.94. The molecule has 4 heteroatoms. The zero-order valence-corrected chi connectivity index (χ0v) is 9.41. The number of benzene rings is 1. The lowest BCUT2D eigenvalue weighted by atomic mass is 10.1. The molecule has 0 unspecified atom stereocenters. The third kappa shape index (κ3) is 2.82. The van der Waals surface area contributed by atoms with Gasteiger partial charge < -0.3 is 10.8 Å². The molecular formula is C10H12BrNO2. The Kier molecular flexibility index (Phi) is 3.66. The van der Waals surface area contributed by atoms with Gasteiger partial charge in [0.25, 0.3) is 0 Å². The summed E-state index contributed by atoms with van der Waals surface area (Å²) < 4.78 is 0.911. The quantitative estimate of drug-likeness (QED) is 0.867. The molecule has 1 aromatic carbocycles. The highest BCUT2D eigenvalue weighted by molar-refractivity contribution is 9.10. The number of halogens is 1. The Labute approximate surface area is 91.1 Å². The topological polar surface area (TPSA) is 63.3 Å². The first kappa shape index (κ1) is 11.2. The number of nitrogens with two attached hydrogens (primary N) is 1. The SMILES string of the molecule is Cc1ccc(C[C@@H](N)C(=O)O)c(Br)c1. The minimum Gasteiger partial charge on any atom is -0.480 e. The lowest BCUT2D eigenvalue weighted by molar-refractivity contribution is -0.138. The fraction of sp³-hybridized carbons (Fsp3) is 0.300. The molecule has 0 bridgehead atoms. The van der Waals surface area contributed by atoms with Crippen molar-refractivity contribution in [3.8, 4) is 0 Å². The van der Waals surface area contributed by atoms with Gasteiger partial charge in [-0.25, -0.2) is 0 Å². The molecule has 3 nitrogen and oxygen atoms in total. The van der Waals surface area contributed by atoms with Crippen LogP contribution in [0.3, 0.4) is 0 Å². The summed E-state index contributed by atoms with van der Waals surface area (Å²) in [7, 11) is 0. The van der Waals surface area contributed by atoms with E-state index in [2.05, 4.69) is 15.9 Å². The van der Waals surface area contributed by atoms with E-state index in [9.17, 15) is 4.79 Å². The second-order valence-electron chi connectivity index (χ2n) is 3.24. The second kappa shape index (κ2) is 4.57. The van der Waals surface area contributed by atoms with Crippen LogP contribution in [0.2, 0.25) is 0 Å². The molecule has 1 rings (SSSR count). The van der Waals surface area contributed by atoms with E-state index in [4.69, 9.17) is 10.8 Å². The van der Waals surface area contributed by atoms with Crippen molar-refractivity contribution in [2.24, 2.45) is 5.73 Å². The highest BCUT2D eigenvalue weighted by Gasteiger charge is 2.13. The van der Waals surface area contributed by atoms with Crippen molar-refractivity contribution in [1.29, 1.82) is 0 Å². The van der Waals surface area contributed by atoms with Crippen molar-refractivity contribution in [2.75, 3.05) is 0 Å². The van der Waals surface area contributed by atoms with Crippen LogP contribution in [0.4, 0.5) is 0 Å². The first-order valence-electron chi connectivity index (χ1n) is 4.24. The van der Waals surface area contributed by atoms with Crippen molar-refractivity contribution in [1.82, 2.24) is 0 Å². The Balaban J connectivity index is 2.82. The molecule has 0 saturated heterocycles. The summed E-state index contributed by atoms with van der Waals surface area (Å²) in [5.41, 5.74) is 7.49. The first-order valence-corrected chi connectivity index (χ1v) is 5.03. The van der Waals surface area contributed by atoms with Gasteiger partial charge in [-0.1, -0.05) is 28.1 Å². The molecule has 0 radical (unpaired) electrons. The Morgan fingerprint density at radius 1 is 1.64 bits per heavy atom. The van der Waals surface area contributed by atoms with Gasteiger partial charge in [-0.05, 0) is 30.5 Å². The van der Waals surface area contributed by atoms with Gasteiger partial charge in [0.15, 0.2) is 0 Å². The van der Waals surface area contributed by atoms with Crippen LogP contribution in [-0.4, -0.2) is 17.1 Å². The van der Waals surface area contributed by atoms with Gasteiger partial charge in [0, 0.05) is 4.47 Å². The van der Waals surface area contributed by atoms with Crippen molar-refractivity contribution in [3.63, 3.8) is 0 Å². The van der Waals surface area contributed by atoms with Crippen molar-refractivity contribution in [3.05, 3.63) is 33.8 Å². The van der Waals surface area contributed by atoms with Gasteiger partial charge >= 0.3 is 5.97 Å². The highest BCUT2D eigenvalue weighted by Crippen LogP contribution is 2.19. The Morgan fingerprint density at radius 2 is 2.29 bits per heavy atom. The van der Waals surface area contributed by atoms with Gasteiger partial charge in [0.2, 0.25) is 0 Å². The van der Waals surface area contributed by atoms with E-state index in [1.54, 1.807) is 0 Å². The maximum absolute atomic E-state index is 10.5. The summed E-state index contributed by atoms with van der Waals surface area (Å²) in [5.74, 6) is -0.975. The summed E-state index contributed by atoms with van der Waals surface area (Å²) in [6.07, 6.45) is 0.343. The molecule has 0 aromatic heterocycles. The van der Waals surface area contributed by atoms with Crippen LogP contribution in [-0.2, 0) is 11.2 Å². The molecule has 0 aliphatic rings. The van der Waals surface area contributed by atoms with Gasteiger partial charge in [0.1, 0.15) is 6.04 Å². The predicted molar refractivity (Wildman–Crippen MR) is 58.2 cm³/mol. The number of aliphatic carboxylic acids is 1. The molecule has 14 heavy (non-hydrogen) atoms. The van der Waals surface area contributed by atoms with Crippen LogP contribution in [0, 0.1) is 6.92 Å². The molecule has 0 heterocycles. The Morgan fingerprint density at radius 3 is 2.79 bits per heavy atom. The molecule has 0 aliphatic heterocycles. The standard InChI is InChI=1S/C10H12BrNO2/c1-6-2-3-7(8(11)4-6)5-9(12)10(13)14/h2-4,9H,5,12H2,1H3,(H,13,14)/t9-/m1/s1. The zero-order valence-electron chi connectivity index (χ0n) is 7.83. The van der Waals surface area contributed by atoms with Crippen molar-refractivity contribution in [2.45, 2.75) is 19.4 Å². The monoisotopic (exact) mass is 257 g/mol. The van der Waals surface area contributed by atoms with Crippen LogP contribution >= 0.6 is 15.9 Å². The van der Waals surface area contributed by atoms with Crippen LogP contribution in [0.5, 0.6) is 0 Å². The van der Waals surface area contributed by atoms with E-state index in [1.807, 2.05) is 25.1 Å². The predicted octanol–water partition coefficient (Wildman–Crippen LogP) is 1.71. The molecule has 1 atom stereocenters. The third-order valence-corrected chi connectivity index (χ3v) is 2.70. The Bertz CT molecular complexity index is 352. The largest absolute Gasteiger partial charge is 0.480 e. The molecule has 0 saturated carbocycles. The summed E-state index contributed by atoms with van der Waals surface area (Å²) >= 11 is 3.38. The molecule has 0 aliphatic carbocycles. The van der Waals surface area contributed by atoms with Gasteiger partial charge in [-0.2, -0.15) is 0 Å². The summed E-state index contributed by atoms with van der Waals surface area (Å²) in [6.45, 7) is 1.98. The smallest absolute Gasteiger partial charge is 0.320 e. The average Bonchev–Trinajstić information content (AvgIpc) is 2.09. The number of carboxylic acids is 1. The minimum atomic E-state index is -0.975. The Hall–Kier alpha value is -0.870. The molecule has 76 valence electrons. The molecule has 1 aromatic rings. The lowest BCUT2D eigenvalue weighted by Crippen LogP contribution is -2.32. The molecule has 0 fully saturated rings. The van der Waals surface area contributed by atoms with E-state index in [1.165, 1.54) is 0 Å². The van der Waals surface area contributed by atoms with E-state index >= 15 is 0 Å². The van der Waals surface area contributed by atoms with Gasteiger partial charge in [-0.15, -0.1) is 0 Å². The number of rotatable bonds is 3. The number of carbonyl (C=O) groups is 1. The van der Waals surface area contributed by atoms with E-state index in [0.717, 1.165) is 15.6 Å². The summed E-state index contributed by atoms with van der Waals surface area (Å²) in [5, 5.41) is 8.65. The number of aryl methyl sites for hydroxylation is 1. The van der Waals surface area contributed by atoms with E-state index in [0.29, 0.717) is 6.42 Å². The van der Waals surface area contributed by atoms with Crippen LogP contribution < -0.4 is 5.73 Å². The average molecular weight is 258 g/mol. The van der Waals surface area contributed by atoms with E-state index < -0.39 is 12.0 Å². The number of carboxylic acid groups (broad SMARTS) is 1. The van der Waals surface area contributed by atoms with Crippen molar-refractivity contribution < 1.29 is 9.90 Å². The third-order valence-electron chi connectivity index (χ3n) is 1.97. The summed E-state index contributed by atoms with van der Waals surface area (Å²) in [4.78, 5) is 10.5. The van der Waals surface area contributed by atoms with E-state index in [-0.39, 0.29) is 0 Å². The number of hydrogen-bond acceptors (Lipinski definition) is 2. The lowest BCUT2D eigenvalue weighted by Gasteiger charge is -2.08. The first-order chi connectivity index (χ1) is 6.50. The van der Waals surface area contributed by atoms with Crippen LogP contribution in [0.25, 0.3) is 0 Å². The highest BCUT2D eigenvalue weighted by atomic mass is 79.9. The van der Waals surface area contributed by atoms with Crippen molar-refractivity contribution >= 4 is 21.9 Å². The molecule has 3 N–H and O–H groups in total. The van der Waals surface area contributed by atoms with Gasteiger partial charge in [0.05, 0.1) is 0 Å². The maximum atomic E-state index is 10.5. The fourth-order valence-electron chi connectivity index (χ4n) is 1.14. The van der Waals surface area contributed by atoms with Crippen LogP contribution in [0.1, 0.15) is 11.1 Å². The maximum Gasteiger partial charge on any atom is 0.320 e. The minimum absolute atomic E-state index is 0.343. The molecule has 0 spiro atoms.